The monoisotopic (exact) mass is 364 g/mol. The van der Waals surface area contributed by atoms with Gasteiger partial charge in [-0.15, -0.1) is 0 Å². The molecule has 2 N–H and O–H groups in total. The van der Waals surface area contributed by atoms with Crippen LogP contribution in [-0.2, 0) is 9.53 Å². The number of carbonyl (C=O) groups excluding carboxylic acids is 1. The largest absolute Gasteiger partial charge is 0.463 e. The summed E-state index contributed by atoms with van der Waals surface area (Å²) >= 11 is 0. The van der Waals surface area contributed by atoms with Crippen molar-refractivity contribution in [2.45, 2.75) is 71.8 Å². The van der Waals surface area contributed by atoms with E-state index in [1.54, 1.807) is 0 Å². The van der Waals surface area contributed by atoms with Gasteiger partial charge in [0.05, 0.1) is 0 Å². The second kappa shape index (κ2) is 7.27. The summed E-state index contributed by atoms with van der Waals surface area (Å²) in [4.78, 5) is 11.3. The van der Waals surface area contributed by atoms with E-state index in [9.17, 15) is 15.0 Å². The molecule has 0 saturated heterocycles. The van der Waals surface area contributed by atoms with Gasteiger partial charge in [-0.2, -0.15) is 0 Å². The lowest BCUT2D eigenvalue weighted by molar-refractivity contribution is -0.156. The molecular weight excluding hydrogens is 328 g/mol. The van der Waals surface area contributed by atoms with E-state index in [4.69, 9.17) is 4.74 Å². The molecule has 0 aromatic heterocycles. The standard InChI is InChI=1S/C22H36O4/c1-14-5-6-19-18(13-24)20(8-10-21(14,19)3)22(4)9-7-17(26-15(2)25)11-16(22)12-23/h16-20,23-24H,1,5-13H2,2-4H3/t16-,17+,18+,19?,20?,21-,22+/m1/s1. The van der Waals surface area contributed by atoms with Crippen LogP contribution in [0.4, 0.5) is 0 Å². The van der Waals surface area contributed by atoms with E-state index < -0.39 is 0 Å². The summed E-state index contributed by atoms with van der Waals surface area (Å²) in [6.45, 7) is 10.8. The van der Waals surface area contributed by atoms with E-state index in [0.29, 0.717) is 11.8 Å². The number of hydrogen-bond acceptors (Lipinski definition) is 4. The van der Waals surface area contributed by atoms with Gasteiger partial charge < -0.3 is 14.9 Å². The summed E-state index contributed by atoms with van der Waals surface area (Å²) < 4.78 is 5.45. The molecular formula is C22H36O4. The predicted molar refractivity (Wildman–Crippen MR) is 101 cm³/mol. The molecule has 0 spiro atoms. The minimum Gasteiger partial charge on any atom is -0.463 e. The first-order valence-electron chi connectivity index (χ1n) is 10.3. The molecule has 2 unspecified atom stereocenters. The Balaban J connectivity index is 1.82. The summed E-state index contributed by atoms with van der Waals surface area (Å²) in [6.07, 6.45) is 6.89. The fourth-order valence-electron chi connectivity index (χ4n) is 6.76. The highest BCUT2D eigenvalue weighted by molar-refractivity contribution is 5.66. The Morgan fingerprint density at radius 3 is 2.50 bits per heavy atom. The van der Waals surface area contributed by atoms with Gasteiger partial charge in [-0.3, -0.25) is 4.79 Å². The van der Waals surface area contributed by atoms with Crippen LogP contribution in [0.5, 0.6) is 0 Å². The van der Waals surface area contributed by atoms with Crippen LogP contribution in [-0.4, -0.2) is 35.5 Å². The zero-order chi connectivity index (χ0) is 19.1. The molecule has 3 aliphatic carbocycles. The second-order valence-corrected chi connectivity index (χ2v) is 9.55. The molecule has 0 aromatic rings. The number of aliphatic hydroxyl groups is 2. The molecule has 4 heteroatoms. The van der Waals surface area contributed by atoms with Gasteiger partial charge in [0, 0.05) is 20.1 Å². The molecule has 0 amide bonds. The van der Waals surface area contributed by atoms with Gasteiger partial charge in [0.15, 0.2) is 0 Å². The Morgan fingerprint density at radius 2 is 1.88 bits per heavy atom. The molecule has 7 atom stereocenters. The Bertz CT molecular complexity index is 558. The number of carbonyl (C=O) groups is 1. The molecule has 148 valence electrons. The Kier molecular flexibility index (Phi) is 5.56. The smallest absolute Gasteiger partial charge is 0.302 e. The second-order valence-electron chi connectivity index (χ2n) is 9.55. The van der Waals surface area contributed by atoms with Crippen molar-refractivity contribution in [1.82, 2.24) is 0 Å². The molecule has 0 aromatic carbocycles. The fourth-order valence-corrected chi connectivity index (χ4v) is 6.76. The van der Waals surface area contributed by atoms with Gasteiger partial charge in [0.1, 0.15) is 6.10 Å². The van der Waals surface area contributed by atoms with Gasteiger partial charge in [0.25, 0.3) is 0 Å². The quantitative estimate of drug-likeness (QED) is 0.589. The average molecular weight is 365 g/mol. The molecule has 3 saturated carbocycles. The van der Waals surface area contributed by atoms with Crippen molar-refractivity contribution in [3.05, 3.63) is 12.2 Å². The van der Waals surface area contributed by atoms with E-state index in [1.165, 1.54) is 12.5 Å². The maximum atomic E-state index is 11.3. The number of rotatable bonds is 4. The highest BCUT2D eigenvalue weighted by Crippen LogP contribution is 2.63. The van der Waals surface area contributed by atoms with Crippen molar-refractivity contribution < 1.29 is 19.7 Å². The van der Waals surface area contributed by atoms with Crippen LogP contribution in [0, 0.1) is 34.5 Å². The normalized spacial score (nSPS) is 46.0. The first-order valence-corrected chi connectivity index (χ1v) is 10.3. The molecule has 0 bridgehead atoms. The average Bonchev–Trinajstić information content (AvgIpc) is 2.90. The van der Waals surface area contributed by atoms with Crippen molar-refractivity contribution in [2.24, 2.45) is 34.5 Å². The first kappa shape index (κ1) is 19.9. The van der Waals surface area contributed by atoms with Crippen LogP contribution >= 0.6 is 0 Å². The molecule has 0 radical (unpaired) electrons. The molecule has 3 fully saturated rings. The fraction of sp³-hybridized carbons (Fsp3) is 0.864. The van der Waals surface area contributed by atoms with Crippen LogP contribution in [0.15, 0.2) is 12.2 Å². The van der Waals surface area contributed by atoms with Gasteiger partial charge in [-0.05, 0) is 79.4 Å². The molecule has 0 heterocycles. The van der Waals surface area contributed by atoms with Gasteiger partial charge in [0.2, 0.25) is 0 Å². The maximum Gasteiger partial charge on any atom is 0.302 e. The number of allylic oxidation sites excluding steroid dienone is 1. The molecule has 0 aliphatic heterocycles. The molecule has 3 aliphatic rings. The van der Waals surface area contributed by atoms with Crippen LogP contribution in [0.3, 0.4) is 0 Å². The van der Waals surface area contributed by atoms with Gasteiger partial charge in [-0.1, -0.05) is 26.0 Å². The van der Waals surface area contributed by atoms with Crippen LogP contribution in [0.2, 0.25) is 0 Å². The van der Waals surface area contributed by atoms with E-state index >= 15 is 0 Å². The number of fused-ring (bicyclic) bond motifs is 1. The van der Waals surface area contributed by atoms with Gasteiger partial charge in [-0.25, -0.2) is 0 Å². The highest BCUT2D eigenvalue weighted by Gasteiger charge is 2.56. The summed E-state index contributed by atoms with van der Waals surface area (Å²) in [7, 11) is 0. The third kappa shape index (κ3) is 3.13. The molecule has 4 nitrogen and oxygen atoms in total. The maximum absolute atomic E-state index is 11.3. The molecule has 3 rings (SSSR count). The van der Waals surface area contributed by atoms with Crippen LogP contribution in [0.25, 0.3) is 0 Å². The lowest BCUT2D eigenvalue weighted by atomic mass is 9.49. The number of esters is 1. The van der Waals surface area contributed by atoms with E-state index in [-0.39, 0.29) is 48.0 Å². The minimum absolute atomic E-state index is 0.00987. The van der Waals surface area contributed by atoms with E-state index in [0.717, 1.165) is 44.9 Å². The minimum atomic E-state index is -0.235. The van der Waals surface area contributed by atoms with Crippen molar-refractivity contribution in [3.8, 4) is 0 Å². The zero-order valence-electron chi connectivity index (χ0n) is 16.7. The number of ether oxygens (including phenoxy) is 1. The van der Waals surface area contributed by atoms with Crippen molar-refractivity contribution in [3.63, 3.8) is 0 Å². The van der Waals surface area contributed by atoms with E-state index in [1.807, 2.05) is 0 Å². The summed E-state index contributed by atoms with van der Waals surface area (Å²) in [5.41, 5.74) is 1.52. The predicted octanol–water partition coefficient (Wildman–Crippen LogP) is 3.71. The molecule has 26 heavy (non-hydrogen) atoms. The van der Waals surface area contributed by atoms with Gasteiger partial charge >= 0.3 is 5.97 Å². The Labute approximate surface area is 158 Å². The third-order valence-corrected chi connectivity index (χ3v) is 8.49. The lowest BCUT2D eigenvalue weighted by Crippen LogP contribution is -2.52. The van der Waals surface area contributed by atoms with Crippen molar-refractivity contribution in [1.29, 1.82) is 0 Å². The van der Waals surface area contributed by atoms with Crippen LogP contribution in [0.1, 0.15) is 65.7 Å². The number of hydrogen-bond donors (Lipinski definition) is 2. The first-order chi connectivity index (χ1) is 12.3. The Hall–Kier alpha value is -0.870. The summed E-state index contributed by atoms with van der Waals surface area (Å²) in [6, 6.07) is 0. The number of aliphatic hydroxyl groups excluding tert-OH is 2. The third-order valence-electron chi connectivity index (χ3n) is 8.49. The summed E-state index contributed by atoms with van der Waals surface area (Å²) in [5, 5.41) is 20.5. The lowest BCUT2D eigenvalue weighted by Gasteiger charge is -2.56. The van der Waals surface area contributed by atoms with Crippen LogP contribution < -0.4 is 0 Å². The SMILES string of the molecule is C=C1CCC2[C@H](CO)C([C@@]3(C)CC[C@H](OC(C)=O)C[C@@H]3CO)CC[C@]12C. The Morgan fingerprint density at radius 1 is 1.15 bits per heavy atom. The topological polar surface area (TPSA) is 66.8 Å². The summed E-state index contributed by atoms with van der Waals surface area (Å²) in [5.74, 6) is 1.07. The zero-order valence-corrected chi connectivity index (χ0v) is 16.7. The van der Waals surface area contributed by atoms with Crippen molar-refractivity contribution >= 4 is 5.97 Å². The highest BCUT2D eigenvalue weighted by atomic mass is 16.5. The van der Waals surface area contributed by atoms with Crippen molar-refractivity contribution in [2.75, 3.05) is 13.2 Å². The van der Waals surface area contributed by atoms with E-state index in [2.05, 4.69) is 20.4 Å².